The van der Waals surface area contributed by atoms with Gasteiger partial charge in [-0.1, -0.05) is 33.8 Å². The van der Waals surface area contributed by atoms with Crippen molar-refractivity contribution < 1.29 is 29.0 Å². The summed E-state index contributed by atoms with van der Waals surface area (Å²) in [6, 6.07) is 1.68. The zero-order chi connectivity index (χ0) is 26.5. The minimum absolute atomic E-state index is 0.0893. The molecular weight excluding hydrogens is 462 g/mol. The summed E-state index contributed by atoms with van der Waals surface area (Å²) in [5.41, 5.74) is -1.79. The molecule has 0 spiro atoms. The SMILES string of the molecule is C=C[C@]1(C)C[C@@H](OC(=O)NC(=O)O[C@H]2CN[C@H](C#N)C2)[C@]2(C)[C@H](C)CC[C@]3(CCC(=O)[C@H]32)[C@@H](C)[C@@H]1O. The molecule has 3 saturated carbocycles. The Bertz CT molecular complexity index is 979. The van der Waals surface area contributed by atoms with Gasteiger partial charge < -0.3 is 14.6 Å². The number of nitrogens with zero attached hydrogens (tertiary/aromatic N) is 1. The molecule has 4 aliphatic rings. The van der Waals surface area contributed by atoms with Gasteiger partial charge >= 0.3 is 12.2 Å². The Morgan fingerprint density at radius 1 is 1.25 bits per heavy atom. The fourth-order valence-electron chi connectivity index (χ4n) is 7.82. The lowest BCUT2D eigenvalue weighted by molar-refractivity contribution is -0.191. The zero-order valence-electron chi connectivity index (χ0n) is 21.7. The number of carbonyl (C=O) groups excluding carboxylic acids is 3. The Hall–Kier alpha value is -2.44. The Labute approximate surface area is 213 Å². The highest BCUT2D eigenvalue weighted by molar-refractivity contribution is 5.88. The zero-order valence-corrected chi connectivity index (χ0v) is 21.7. The molecule has 0 aromatic heterocycles. The van der Waals surface area contributed by atoms with E-state index in [1.807, 2.05) is 20.8 Å². The summed E-state index contributed by atoms with van der Waals surface area (Å²) < 4.78 is 11.2. The lowest BCUT2D eigenvalue weighted by Gasteiger charge is -2.61. The van der Waals surface area contributed by atoms with Gasteiger partial charge in [-0.3, -0.25) is 10.1 Å². The Kier molecular flexibility index (Phi) is 6.99. The second-order valence-corrected chi connectivity index (χ2v) is 12.0. The Morgan fingerprint density at radius 3 is 2.58 bits per heavy atom. The highest BCUT2D eigenvalue weighted by atomic mass is 16.6. The van der Waals surface area contributed by atoms with Gasteiger partial charge in [-0.05, 0) is 42.9 Å². The largest absolute Gasteiger partial charge is 0.445 e. The van der Waals surface area contributed by atoms with Gasteiger partial charge in [0.05, 0.1) is 18.2 Å². The number of Topliss-reactive ketones (excluding diaryl/α,β-unsaturated/α-hetero) is 1. The number of aliphatic hydroxyl groups excluding tert-OH is 1. The minimum Gasteiger partial charge on any atom is -0.445 e. The summed E-state index contributed by atoms with van der Waals surface area (Å²) in [5.74, 6) is -0.207. The molecule has 1 aliphatic heterocycles. The van der Waals surface area contributed by atoms with Crippen LogP contribution in [0.25, 0.3) is 0 Å². The van der Waals surface area contributed by atoms with Crippen LogP contribution in [0, 0.1) is 45.3 Å². The van der Waals surface area contributed by atoms with E-state index in [1.54, 1.807) is 6.08 Å². The van der Waals surface area contributed by atoms with Crippen LogP contribution in [0.4, 0.5) is 9.59 Å². The average molecular weight is 502 g/mol. The molecule has 3 aliphatic carbocycles. The van der Waals surface area contributed by atoms with Crippen molar-refractivity contribution in [2.75, 3.05) is 6.54 Å². The number of carbonyl (C=O) groups is 3. The molecule has 0 radical (unpaired) electrons. The second kappa shape index (κ2) is 9.46. The number of amides is 2. The maximum atomic E-state index is 13.4. The lowest BCUT2D eigenvalue weighted by Crippen LogP contribution is -2.63. The molecule has 10 atom stereocenters. The molecule has 3 N–H and O–H groups in total. The van der Waals surface area contributed by atoms with Crippen molar-refractivity contribution in [2.45, 2.75) is 90.6 Å². The minimum atomic E-state index is -0.947. The van der Waals surface area contributed by atoms with E-state index in [2.05, 4.69) is 30.2 Å². The van der Waals surface area contributed by atoms with Gasteiger partial charge in [-0.25, -0.2) is 14.9 Å². The standard InChI is InChI=1S/C27H39N3O6/c1-6-25(4)12-20(36-24(34)30-23(33)35-18-11-17(13-28)29-14-18)26(5)15(2)7-9-27(16(3)22(25)32)10-8-19(31)21(26)27/h6,15-18,20-22,29,32H,1,7-12,14H2,2-5H3,(H,30,33,34)/t15-,16+,17+,18-,20-,21+,22+,25-,26+,27+/m1/s1. The molecule has 4 fully saturated rings. The molecule has 1 saturated heterocycles. The highest BCUT2D eigenvalue weighted by Gasteiger charge is 2.68. The van der Waals surface area contributed by atoms with E-state index in [0.29, 0.717) is 25.8 Å². The fraction of sp³-hybridized carbons (Fsp3) is 0.778. The van der Waals surface area contributed by atoms with Crippen LogP contribution < -0.4 is 10.6 Å². The maximum absolute atomic E-state index is 13.4. The smallest absolute Gasteiger partial charge is 0.416 e. The van der Waals surface area contributed by atoms with E-state index in [4.69, 9.17) is 14.7 Å². The Balaban J connectivity index is 1.60. The van der Waals surface area contributed by atoms with Crippen molar-refractivity contribution in [2.24, 2.45) is 34.0 Å². The summed E-state index contributed by atoms with van der Waals surface area (Å²) in [6.45, 7) is 12.4. The van der Waals surface area contributed by atoms with Crippen molar-refractivity contribution in [3.05, 3.63) is 12.7 Å². The number of aliphatic hydroxyl groups is 1. The number of alkyl carbamates (subject to hydrolysis) is 2. The normalized spacial score (nSPS) is 46.0. The third-order valence-corrected chi connectivity index (χ3v) is 10.3. The van der Waals surface area contributed by atoms with Gasteiger partial charge in [0.15, 0.2) is 0 Å². The summed E-state index contributed by atoms with van der Waals surface area (Å²) in [5, 5.41) is 25.6. The molecule has 198 valence electrons. The molecule has 0 unspecified atom stereocenters. The summed E-state index contributed by atoms with van der Waals surface area (Å²) in [6.07, 6.45) is 1.34. The molecule has 1 heterocycles. The van der Waals surface area contributed by atoms with Gasteiger partial charge in [0.25, 0.3) is 0 Å². The van der Waals surface area contributed by atoms with E-state index in [1.165, 1.54) is 0 Å². The third-order valence-electron chi connectivity index (χ3n) is 10.3. The summed E-state index contributed by atoms with van der Waals surface area (Å²) >= 11 is 0. The second-order valence-electron chi connectivity index (χ2n) is 12.0. The van der Waals surface area contributed by atoms with Crippen LogP contribution in [0.2, 0.25) is 0 Å². The van der Waals surface area contributed by atoms with Crippen LogP contribution in [0.1, 0.15) is 66.2 Å². The van der Waals surface area contributed by atoms with Crippen LogP contribution in [-0.2, 0) is 14.3 Å². The molecule has 2 bridgehead atoms. The number of hydrogen-bond acceptors (Lipinski definition) is 8. The molecule has 9 nitrogen and oxygen atoms in total. The van der Waals surface area contributed by atoms with Crippen LogP contribution in [0.15, 0.2) is 12.7 Å². The van der Waals surface area contributed by atoms with E-state index in [0.717, 1.165) is 12.8 Å². The molecule has 4 rings (SSSR count). The highest BCUT2D eigenvalue weighted by Crippen LogP contribution is 2.67. The van der Waals surface area contributed by atoms with E-state index in [9.17, 15) is 19.5 Å². The predicted molar refractivity (Wildman–Crippen MR) is 130 cm³/mol. The number of rotatable bonds is 3. The molecule has 2 amide bonds. The number of hydrogen-bond donors (Lipinski definition) is 3. The van der Waals surface area contributed by atoms with Crippen molar-refractivity contribution in [3.8, 4) is 6.07 Å². The van der Waals surface area contributed by atoms with Crippen LogP contribution in [0.3, 0.4) is 0 Å². The van der Waals surface area contributed by atoms with E-state index in [-0.39, 0.29) is 35.4 Å². The van der Waals surface area contributed by atoms with Gasteiger partial charge in [0.1, 0.15) is 18.0 Å². The number of ether oxygens (including phenoxy) is 2. The first-order valence-electron chi connectivity index (χ1n) is 13.1. The van der Waals surface area contributed by atoms with Crippen LogP contribution in [0.5, 0.6) is 0 Å². The van der Waals surface area contributed by atoms with Gasteiger partial charge in [0.2, 0.25) is 0 Å². The molecule has 0 aromatic rings. The van der Waals surface area contributed by atoms with Crippen molar-refractivity contribution >= 4 is 18.0 Å². The quantitative estimate of drug-likeness (QED) is 0.500. The van der Waals surface area contributed by atoms with Gasteiger partial charge in [-0.2, -0.15) is 5.26 Å². The van der Waals surface area contributed by atoms with Crippen molar-refractivity contribution in [3.63, 3.8) is 0 Å². The van der Waals surface area contributed by atoms with Gasteiger partial charge in [-0.15, -0.1) is 6.58 Å². The lowest BCUT2D eigenvalue weighted by atomic mass is 9.44. The monoisotopic (exact) mass is 501 g/mol. The van der Waals surface area contributed by atoms with Crippen LogP contribution in [-0.4, -0.2) is 54.0 Å². The first-order valence-corrected chi connectivity index (χ1v) is 13.1. The van der Waals surface area contributed by atoms with Crippen LogP contribution >= 0.6 is 0 Å². The topological polar surface area (TPSA) is 138 Å². The molecule has 0 aromatic carbocycles. The average Bonchev–Trinajstić information content (AvgIpc) is 3.44. The van der Waals surface area contributed by atoms with E-state index >= 15 is 0 Å². The first kappa shape index (κ1) is 26.6. The first-order chi connectivity index (χ1) is 16.9. The third kappa shape index (κ3) is 4.12. The van der Waals surface area contributed by atoms with Crippen molar-refractivity contribution in [1.82, 2.24) is 10.6 Å². The maximum Gasteiger partial charge on any atom is 0.416 e. The predicted octanol–water partition coefficient (Wildman–Crippen LogP) is 3.47. The fourth-order valence-corrected chi connectivity index (χ4v) is 7.82. The number of ketones is 1. The summed E-state index contributed by atoms with van der Waals surface area (Å²) in [4.78, 5) is 38.8. The van der Waals surface area contributed by atoms with E-state index < -0.39 is 47.4 Å². The molecule has 9 heteroatoms. The summed E-state index contributed by atoms with van der Waals surface area (Å²) in [7, 11) is 0. The van der Waals surface area contributed by atoms with Gasteiger partial charge in [0, 0.05) is 36.1 Å². The number of imide groups is 1. The van der Waals surface area contributed by atoms with Crippen molar-refractivity contribution in [1.29, 1.82) is 5.26 Å². The Morgan fingerprint density at radius 2 is 1.94 bits per heavy atom. The number of nitriles is 1. The molecular formula is C27H39N3O6. The molecule has 36 heavy (non-hydrogen) atoms. The number of nitrogens with one attached hydrogen (secondary N) is 2.